The van der Waals surface area contributed by atoms with Gasteiger partial charge in [-0.1, -0.05) is 18.2 Å². The maximum Gasteiger partial charge on any atom is 0.260 e. The molecule has 6 rings (SSSR count). The van der Waals surface area contributed by atoms with E-state index < -0.39 is 0 Å². The number of fused-ring (bicyclic) bond motifs is 7. The first-order valence-electron chi connectivity index (χ1n) is 11.0. The molecule has 1 aromatic carbocycles. The SMILES string of the molecule is Cc1ccc(-c2ccc3c(c2)C(=O)Nc2cccc(n2)-c2nncn2[C@@H]2C[C@H]2CCO3)cn1. The van der Waals surface area contributed by atoms with Crippen molar-refractivity contribution < 1.29 is 9.53 Å². The molecular weight excluding hydrogens is 416 g/mol. The molecule has 1 saturated carbocycles. The van der Waals surface area contributed by atoms with Crippen molar-refractivity contribution in [1.82, 2.24) is 24.7 Å². The van der Waals surface area contributed by atoms with Crippen LogP contribution < -0.4 is 10.1 Å². The second-order valence-electron chi connectivity index (χ2n) is 8.52. The lowest BCUT2D eigenvalue weighted by molar-refractivity contribution is 0.102. The van der Waals surface area contributed by atoms with Gasteiger partial charge in [-0.05, 0) is 61.6 Å². The van der Waals surface area contributed by atoms with Gasteiger partial charge >= 0.3 is 0 Å². The number of rotatable bonds is 1. The molecule has 8 nitrogen and oxygen atoms in total. The van der Waals surface area contributed by atoms with Crippen LogP contribution in [-0.2, 0) is 0 Å². The van der Waals surface area contributed by atoms with Gasteiger partial charge in [-0.3, -0.25) is 9.78 Å². The summed E-state index contributed by atoms with van der Waals surface area (Å²) < 4.78 is 8.18. The Hall–Kier alpha value is -4.07. The number of benzene rings is 1. The first-order valence-corrected chi connectivity index (χ1v) is 11.0. The zero-order valence-corrected chi connectivity index (χ0v) is 18.1. The van der Waals surface area contributed by atoms with E-state index in [-0.39, 0.29) is 5.91 Å². The summed E-state index contributed by atoms with van der Waals surface area (Å²) in [5.74, 6) is 1.93. The van der Waals surface area contributed by atoms with Crippen molar-refractivity contribution in [2.45, 2.75) is 25.8 Å². The molecule has 0 unspecified atom stereocenters. The Morgan fingerprint density at radius 3 is 2.91 bits per heavy atom. The molecule has 3 aromatic heterocycles. The van der Waals surface area contributed by atoms with Crippen LogP contribution in [0, 0.1) is 12.8 Å². The van der Waals surface area contributed by atoms with E-state index in [0.29, 0.717) is 47.2 Å². The smallest absolute Gasteiger partial charge is 0.260 e. The Balaban J connectivity index is 1.40. The molecule has 4 heterocycles. The third kappa shape index (κ3) is 3.73. The Morgan fingerprint density at radius 1 is 1.12 bits per heavy atom. The van der Waals surface area contributed by atoms with E-state index in [4.69, 9.17) is 4.74 Å². The average molecular weight is 438 g/mol. The van der Waals surface area contributed by atoms with Crippen LogP contribution in [0.5, 0.6) is 5.75 Å². The zero-order chi connectivity index (χ0) is 22.4. The average Bonchev–Trinajstić information content (AvgIpc) is 3.42. The van der Waals surface area contributed by atoms with Crippen LogP contribution in [0.15, 0.2) is 61.1 Å². The largest absolute Gasteiger partial charge is 0.493 e. The predicted octanol–water partition coefficient (Wildman–Crippen LogP) is 4.31. The molecule has 1 aliphatic heterocycles. The number of ether oxygens (including phenoxy) is 1. The normalized spacial score (nSPS) is 19.2. The van der Waals surface area contributed by atoms with Gasteiger partial charge in [0.2, 0.25) is 0 Å². The van der Waals surface area contributed by atoms with Crippen LogP contribution in [0.25, 0.3) is 22.6 Å². The summed E-state index contributed by atoms with van der Waals surface area (Å²) in [4.78, 5) is 22.3. The van der Waals surface area contributed by atoms with Crippen LogP contribution in [0.4, 0.5) is 5.82 Å². The molecule has 1 fully saturated rings. The summed E-state index contributed by atoms with van der Waals surface area (Å²) in [7, 11) is 0. The quantitative estimate of drug-likeness (QED) is 0.476. The van der Waals surface area contributed by atoms with Gasteiger partial charge in [0.25, 0.3) is 5.91 Å². The van der Waals surface area contributed by atoms with Crippen LogP contribution in [0.2, 0.25) is 0 Å². The second kappa shape index (κ2) is 7.81. The molecule has 0 spiro atoms. The number of nitrogens with one attached hydrogen (secondary N) is 1. The lowest BCUT2D eigenvalue weighted by Crippen LogP contribution is -2.16. The van der Waals surface area contributed by atoms with Crippen molar-refractivity contribution in [2.24, 2.45) is 5.92 Å². The number of carbonyl (C=O) groups excluding carboxylic acids is 1. The summed E-state index contributed by atoms with van der Waals surface area (Å²) in [6.07, 6.45) is 5.52. The van der Waals surface area contributed by atoms with E-state index in [0.717, 1.165) is 29.7 Å². The molecule has 0 saturated heterocycles. The van der Waals surface area contributed by atoms with Gasteiger partial charge in [0.1, 0.15) is 23.6 Å². The number of nitrogens with zero attached hydrogens (tertiary/aromatic N) is 5. The number of hydrogen-bond donors (Lipinski definition) is 1. The van der Waals surface area contributed by atoms with Crippen LogP contribution in [0.1, 0.15) is 34.9 Å². The molecule has 1 aliphatic carbocycles. The molecular formula is C25H22N6O2. The molecule has 0 radical (unpaired) electrons. The van der Waals surface area contributed by atoms with Crippen molar-refractivity contribution in [3.63, 3.8) is 0 Å². The molecule has 2 aliphatic rings. The van der Waals surface area contributed by atoms with Gasteiger partial charge in [0.15, 0.2) is 5.82 Å². The Morgan fingerprint density at radius 2 is 2.03 bits per heavy atom. The van der Waals surface area contributed by atoms with Crippen LogP contribution in [-0.4, -0.2) is 37.2 Å². The van der Waals surface area contributed by atoms with Crippen molar-refractivity contribution in [1.29, 1.82) is 0 Å². The van der Waals surface area contributed by atoms with E-state index in [9.17, 15) is 4.79 Å². The van der Waals surface area contributed by atoms with Gasteiger partial charge < -0.3 is 14.6 Å². The number of anilines is 1. The molecule has 1 N–H and O–H groups in total. The highest BCUT2D eigenvalue weighted by Gasteiger charge is 2.40. The Labute approximate surface area is 190 Å². The monoisotopic (exact) mass is 438 g/mol. The first kappa shape index (κ1) is 19.6. The fourth-order valence-corrected chi connectivity index (χ4v) is 4.34. The molecule has 1 amide bonds. The minimum atomic E-state index is -0.278. The molecule has 33 heavy (non-hydrogen) atoms. The topological polar surface area (TPSA) is 94.8 Å². The Bertz CT molecular complexity index is 1350. The third-order valence-electron chi connectivity index (χ3n) is 6.25. The van der Waals surface area contributed by atoms with Crippen LogP contribution >= 0.6 is 0 Å². The number of aromatic nitrogens is 5. The molecule has 8 heteroatoms. The van der Waals surface area contributed by atoms with Crippen molar-refractivity contribution in [2.75, 3.05) is 11.9 Å². The highest BCUT2D eigenvalue weighted by Crippen LogP contribution is 2.47. The summed E-state index contributed by atoms with van der Waals surface area (Å²) >= 11 is 0. The zero-order valence-electron chi connectivity index (χ0n) is 18.1. The van der Waals surface area contributed by atoms with Gasteiger partial charge in [0.05, 0.1) is 12.2 Å². The molecule has 2 atom stereocenters. The van der Waals surface area contributed by atoms with E-state index in [1.165, 1.54) is 0 Å². The number of hydrogen-bond acceptors (Lipinski definition) is 6. The lowest BCUT2D eigenvalue weighted by atomic mass is 10.0. The van der Waals surface area contributed by atoms with E-state index in [2.05, 4.69) is 30.0 Å². The first-order chi connectivity index (χ1) is 16.2. The van der Waals surface area contributed by atoms with E-state index in [1.807, 2.05) is 55.6 Å². The fraction of sp³-hybridized carbons (Fsp3) is 0.240. The standard InChI is InChI=1S/C25H22N6O2/c1-15-5-6-18(13-26-15)16-7-8-22-19(11-16)25(32)29-23-4-2-3-20(28-23)24-30-27-14-31(24)21-12-17(21)9-10-33-22/h2-8,11,13-14,17,21H,9-10,12H2,1H3,(H,28,29,32)/t17-,21-/m1/s1. The number of pyridine rings is 2. The van der Waals surface area contributed by atoms with E-state index in [1.54, 1.807) is 12.4 Å². The second-order valence-corrected chi connectivity index (χ2v) is 8.52. The number of amides is 1. The predicted molar refractivity (Wildman–Crippen MR) is 123 cm³/mol. The summed E-state index contributed by atoms with van der Waals surface area (Å²) in [5, 5.41) is 11.3. The molecule has 164 valence electrons. The van der Waals surface area contributed by atoms with Gasteiger partial charge in [-0.15, -0.1) is 10.2 Å². The minimum Gasteiger partial charge on any atom is -0.493 e. The van der Waals surface area contributed by atoms with Crippen molar-refractivity contribution >= 4 is 11.7 Å². The summed E-state index contributed by atoms with van der Waals surface area (Å²) in [6.45, 7) is 2.48. The van der Waals surface area contributed by atoms with Crippen molar-refractivity contribution in [3.8, 4) is 28.4 Å². The van der Waals surface area contributed by atoms with Gasteiger partial charge in [0, 0.05) is 23.5 Å². The maximum atomic E-state index is 13.3. The lowest BCUT2D eigenvalue weighted by Gasteiger charge is -2.15. The summed E-state index contributed by atoms with van der Waals surface area (Å²) in [6, 6.07) is 15.5. The number of aryl methyl sites for hydroxylation is 1. The van der Waals surface area contributed by atoms with Gasteiger partial charge in [-0.25, -0.2) is 4.98 Å². The van der Waals surface area contributed by atoms with Crippen LogP contribution in [0.3, 0.4) is 0 Å². The Kier molecular flexibility index (Phi) is 4.64. The highest BCUT2D eigenvalue weighted by atomic mass is 16.5. The molecule has 2 bridgehead atoms. The maximum absolute atomic E-state index is 13.3. The van der Waals surface area contributed by atoms with Gasteiger partial charge in [-0.2, -0.15) is 0 Å². The number of carbonyl (C=O) groups is 1. The fourth-order valence-electron chi connectivity index (χ4n) is 4.34. The van der Waals surface area contributed by atoms with Crippen molar-refractivity contribution in [3.05, 3.63) is 72.3 Å². The third-order valence-corrected chi connectivity index (χ3v) is 6.25. The highest BCUT2D eigenvalue weighted by molar-refractivity contribution is 6.06. The molecule has 4 aromatic rings. The van der Waals surface area contributed by atoms with E-state index >= 15 is 0 Å². The minimum absolute atomic E-state index is 0.278. The summed E-state index contributed by atoms with van der Waals surface area (Å²) in [5.41, 5.74) is 3.93.